The first kappa shape index (κ1) is 12.3. The average molecular weight is 191 g/mol. The molecule has 0 amide bonds. The maximum atomic E-state index is 6.40. The van der Waals surface area contributed by atoms with Gasteiger partial charge in [-0.15, -0.1) is 11.6 Å². The van der Waals surface area contributed by atoms with Crippen molar-refractivity contribution in [2.45, 2.75) is 58.8 Å². The van der Waals surface area contributed by atoms with E-state index < -0.39 is 0 Å². The lowest BCUT2D eigenvalue weighted by atomic mass is 9.81. The highest BCUT2D eigenvalue weighted by atomic mass is 35.5. The van der Waals surface area contributed by atoms with Crippen molar-refractivity contribution >= 4 is 11.6 Å². The molecule has 0 bridgehead atoms. The molecule has 3 unspecified atom stereocenters. The summed E-state index contributed by atoms with van der Waals surface area (Å²) in [5.74, 6) is 1.36. The predicted molar refractivity (Wildman–Crippen MR) is 57.8 cm³/mol. The third-order valence-electron chi connectivity index (χ3n) is 3.24. The Morgan fingerprint density at radius 2 is 1.75 bits per heavy atom. The Morgan fingerprint density at radius 3 is 2.08 bits per heavy atom. The lowest BCUT2D eigenvalue weighted by molar-refractivity contribution is 0.281. The van der Waals surface area contributed by atoms with Crippen molar-refractivity contribution in [1.29, 1.82) is 0 Å². The summed E-state index contributed by atoms with van der Waals surface area (Å²) in [5, 5.41) is 0. The molecule has 0 nitrogen and oxygen atoms in total. The van der Waals surface area contributed by atoms with Crippen LogP contribution in [-0.4, -0.2) is 4.87 Å². The molecular weight excluding hydrogens is 168 g/mol. The highest BCUT2D eigenvalue weighted by Gasteiger charge is 2.29. The monoisotopic (exact) mass is 190 g/mol. The van der Waals surface area contributed by atoms with Crippen molar-refractivity contribution in [2.24, 2.45) is 11.8 Å². The maximum Gasteiger partial charge on any atom is 0.0444 e. The molecule has 3 atom stereocenters. The van der Waals surface area contributed by atoms with E-state index in [-0.39, 0.29) is 4.87 Å². The quantitative estimate of drug-likeness (QED) is 0.562. The smallest absolute Gasteiger partial charge is 0.0444 e. The third kappa shape index (κ3) is 3.35. The van der Waals surface area contributed by atoms with Crippen LogP contribution in [0.25, 0.3) is 0 Å². The van der Waals surface area contributed by atoms with E-state index in [2.05, 4.69) is 34.6 Å². The molecule has 0 aromatic heterocycles. The standard InChI is InChI=1S/C11H23Cl/c1-6-8-9(3)10(4)11(5,12)7-2/h9-10H,6-8H2,1-5H3. The van der Waals surface area contributed by atoms with Gasteiger partial charge in [-0.05, 0) is 25.2 Å². The SMILES string of the molecule is CCCC(C)C(C)C(C)(Cl)CC. The van der Waals surface area contributed by atoms with Crippen LogP contribution in [0.3, 0.4) is 0 Å². The van der Waals surface area contributed by atoms with Crippen LogP contribution in [0.4, 0.5) is 0 Å². The van der Waals surface area contributed by atoms with E-state index in [1.54, 1.807) is 0 Å². The average Bonchev–Trinajstić information content (AvgIpc) is 2.03. The lowest BCUT2D eigenvalue weighted by Crippen LogP contribution is -2.30. The minimum atomic E-state index is -0.00537. The van der Waals surface area contributed by atoms with Crippen LogP contribution in [0, 0.1) is 11.8 Å². The fourth-order valence-electron chi connectivity index (χ4n) is 1.62. The van der Waals surface area contributed by atoms with Crippen LogP contribution in [-0.2, 0) is 0 Å². The van der Waals surface area contributed by atoms with Crippen molar-refractivity contribution in [2.75, 3.05) is 0 Å². The van der Waals surface area contributed by atoms with Gasteiger partial charge in [-0.25, -0.2) is 0 Å². The summed E-state index contributed by atoms with van der Waals surface area (Å²) in [4.78, 5) is -0.00537. The molecule has 0 aliphatic heterocycles. The van der Waals surface area contributed by atoms with Gasteiger partial charge >= 0.3 is 0 Å². The minimum absolute atomic E-state index is 0.00537. The molecule has 0 saturated heterocycles. The van der Waals surface area contributed by atoms with Crippen molar-refractivity contribution < 1.29 is 0 Å². The van der Waals surface area contributed by atoms with Gasteiger partial charge in [0.25, 0.3) is 0 Å². The van der Waals surface area contributed by atoms with Crippen LogP contribution < -0.4 is 0 Å². The molecule has 0 aliphatic carbocycles. The second kappa shape index (κ2) is 5.11. The molecule has 0 aromatic carbocycles. The lowest BCUT2D eigenvalue weighted by Gasteiger charge is -2.32. The zero-order valence-corrected chi connectivity index (χ0v) is 9.91. The van der Waals surface area contributed by atoms with Crippen molar-refractivity contribution in [3.05, 3.63) is 0 Å². The van der Waals surface area contributed by atoms with Gasteiger partial charge in [0.2, 0.25) is 0 Å². The zero-order chi connectivity index (χ0) is 9.78. The largest absolute Gasteiger partial charge is 0.119 e. The normalized spacial score (nSPS) is 21.5. The topological polar surface area (TPSA) is 0 Å². The summed E-state index contributed by atoms with van der Waals surface area (Å²) in [6.45, 7) is 11.1. The van der Waals surface area contributed by atoms with E-state index >= 15 is 0 Å². The highest BCUT2D eigenvalue weighted by Crippen LogP contribution is 2.35. The number of rotatable bonds is 5. The van der Waals surface area contributed by atoms with Gasteiger partial charge in [0.15, 0.2) is 0 Å². The second-order valence-electron chi connectivity index (χ2n) is 4.19. The van der Waals surface area contributed by atoms with Crippen LogP contribution in [0.5, 0.6) is 0 Å². The van der Waals surface area contributed by atoms with Crippen LogP contribution in [0.2, 0.25) is 0 Å². The Labute approximate surface area is 82.7 Å². The second-order valence-corrected chi connectivity index (χ2v) is 5.05. The summed E-state index contributed by atoms with van der Waals surface area (Å²) in [6, 6.07) is 0. The molecule has 1 heteroatoms. The number of hydrogen-bond acceptors (Lipinski definition) is 0. The zero-order valence-electron chi connectivity index (χ0n) is 9.15. The Morgan fingerprint density at radius 1 is 1.25 bits per heavy atom. The van der Waals surface area contributed by atoms with E-state index in [0.29, 0.717) is 5.92 Å². The molecule has 0 N–H and O–H groups in total. The predicted octanol–water partition coefficient (Wildman–Crippen LogP) is 4.47. The summed E-state index contributed by atoms with van der Waals surface area (Å²) in [6.07, 6.45) is 3.62. The molecule has 0 saturated carbocycles. The van der Waals surface area contributed by atoms with E-state index in [1.807, 2.05) is 0 Å². The van der Waals surface area contributed by atoms with E-state index in [4.69, 9.17) is 11.6 Å². The van der Waals surface area contributed by atoms with Crippen LogP contribution in [0.15, 0.2) is 0 Å². The van der Waals surface area contributed by atoms with Gasteiger partial charge in [-0.3, -0.25) is 0 Å². The van der Waals surface area contributed by atoms with Gasteiger partial charge in [0.1, 0.15) is 0 Å². The summed E-state index contributed by atoms with van der Waals surface area (Å²) in [7, 11) is 0. The van der Waals surface area contributed by atoms with Crippen LogP contribution in [0.1, 0.15) is 53.9 Å². The molecular formula is C11H23Cl. The maximum absolute atomic E-state index is 6.40. The Kier molecular flexibility index (Phi) is 5.24. The molecule has 74 valence electrons. The fourth-order valence-corrected chi connectivity index (χ4v) is 1.84. The molecule has 0 spiro atoms. The molecule has 0 rings (SSSR count). The minimum Gasteiger partial charge on any atom is -0.119 e. The van der Waals surface area contributed by atoms with E-state index in [0.717, 1.165) is 12.3 Å². The number of hydrogen-bond donors (Lipinski definition) is 0. The first-order chi connectivity index (χ1) is 5.45. The van der Waals surface area contributed by atoms with E-state index in [9.17, 15) is 0 Å². The van der Waals surface area contributed by atoms with Gasteiger partial charge in [0, 0.05) is 4.87 Å². The van der Waals surface area contributed by atoms with Crippen molar-refractivity contribution in [1.82, 2.24) is 0 Å². The summed E-state index contributed by atoms with van der Waals surface area (Å²) in [5.41, 5.74) is 0. The highest BCUT2D eigenvalue weighted by molar-refractivity contribution is 6.23. The van der Waals surface area contributed by atoms with Gasteiger partial charge in [-0.2, -0.15) is 0 Å². The fraction of sp³-hybridized carbons (Fsp3) is 1.00. The molecule has 0 aliphatic rings. The molecule has 0 fully saturated rings. The van der Waals surface area contributed by atoms with Gasteiger partial charge < -0.3 is 0 Å². The first-order valence-corrected chi connectivity index (χ1v) is 5.52. The van der Waals surface area contributed by atoms with Crippen molar-refractivity contribution in [3.8, 4) is 0 Å². The first-order valence-electron chi connectivity index (χ1n) is 5.14. The Balaban J connectivity index is 4.07. The molecule has 12 heavy (non-hydrogen) atoms. The number of halogens is 1. The molecule has 0 radical (unpaired) electrons. The Bertz CT molecular complexity index is 118. The summed E-state index contributed by atoms with van der Waals surface area (Å²) >= 11 is 6.40. The van der Waals surface area contributed by atoms with Crippen LogP contribution >= 0.6 is 11.6 Å². The third-order valence-corrected chi connectivity index (χ3v) is 3.85. The van der Waals surface area contributed by atoms with Crippen molar-refractivity contribution in [3.63, 3.8) is 0 Å². The van der Waals surface area contributed by atoms with Gasteiger partial charge in [0.05, 0.1) is 0 Å². The summed E-state index contributed by atoms with van der Waals surface area (Å²) < 4.78 is 0. The molecule has 0 heterocycles. The molecule has 0 aromatic rings. The Hall–Kier alpha value is 0.290. The van der Waals surface area contributed by atoms with E-state index in [1.165, 1.54) is 12.8 Å². The number of alkyl halides is 1. The van der Waals surface area contributed by atoms with Gasteiger partial charge in [-0.1, -0.05) is 40.5 Å².